The number of likely N-dealkylation sites (tertiary alicyclic amines) is 1. The maximum Gasteiger partial charge on any atom is 0.253 e. The molecule has 0 aromatic heterocycles. The zero-order chi connectivity index (χ0) is 17.7. The Labute approximate surface area is 148 Å². The largest absolute Gasteiger partial charge is 0.339 e. The lowest BCUT2D eigenvalue weighted by Crippen LogP contribution is -2.41. The molecule has 0 atom stereocenters. The number of piperidine rings is 1. The van der Waals surface area contributed by atoms with Gasteiger partial charge in [0.25, 0.3) is 5.91 Å². The second-order valence-electron chi connectivity index (χ2n) is 7.09. The summed E-state index contributed by atoms with van der Waals surface area (Å²) < 4.78 is 0. The van der Waals surface area contributed by atoms with Gasteiger partial charge in [-0.2, -0.15) is 0 Å². The van der Waals surface area contributed by atoms with E-state index in [-0.39, 0.29) is 16.9 Å². The average molecular weight is 347 g/mol. The summed E-state index contributed by atoms with van der Waals surface area (Å²) in [7, 11) is 0. The number of rotatable bonds is 2. The van der Waals surface area contributed by atoms with E-state index in [1.54, 1.807) is 24.3 Å². The minimum atomic E-state index is -0.504. The van der Waals surface area contributed by atoms with Crippen LogP contribution < -0.4 is 10.6 Å². The van der Waals surface area contributed by atoms with Gasteiger partial charge in [0.05, 0.1) is 0 Å². The molecule has 1 fully saturated rings. The zero-order valence-electron chi connectivity index (χ0n) is 14.5. The van der Waals surface area contributed by atoms with Gasteiger partial charge in [0, 0.05) is 29.8 Å². The molecule has 0 saturated carbocycles. The second kappa shape index (κ2) is 7.75. The van der Waals surface area contributed by atoms with Crippen LogP contribution in [0.25, 0.3) is 0 Å². The number of anilines is 1. The molecule has 0 unspecified atom stereocenters. The third kappa shape index (κ3) is 5.03. The third-order valence-corrected chi connectivity index (χ3v) is 4.15. The maximum absolute atomic E-state index is 12.4. The molecule has 6 heteroatoms. The van der Waals surface area contributed by atoms with Crippen molar-refractivity contribution in [3.05, 3.63) is 29.8 Å². The van der Waals surface area contributed by atoms with Crippen molar-refractivity contribution in [1.29, 1.82) is 0 Å². The smallest absolute Gasteiger partial charge is 0.253 e. The van der Waals surface area contributed by atoms with Crippen molar-refractivity contribution in [2.45, 2.75) is 40.0 Å². The van der Waals surface area contributed by atoms with E-state index >= 15 is 0 Å². The van der Waals surface area contributed by atoms with Crippen molar-refractivity contribution < 1.29 is 9.59 Å². The summed E-state index contributed by atoms with van der Waals surface area (Å²) in [5, 5.41) is 5.88. The van der Waals surface area contributed by atoms with Crippen LogP contribution in [0.4, 0.5) is 5.69 Å². The van der Waals surface area contributed by atoms with Gasteiger partial charge in [-0.25, -0.2) is 0 Å². The molecule has 1 aliphatic heterocycles. The van der Waals surface area contributed by atoms with Crippen LogP contribution in [0.2, 0.25) is 0 Å². The molecule has 24 heavy (non-hydrogen) atoms. The van der Waals surface area contributed by atoms with Gasteiger partial charge in [-0.3, -0.25) is 9.59 Å². The van der Waals surface area contributed by atoms with Crippen LogP contribution in [0, 0.1) is 5.41 Å². The summed E-state index contributed by atoms with van der Waals surface area (Å²) >= 11 is 5.15. The van der Waals surface area contributed by atoms with Gasteiger partial charge in [-0.05, 0) is 55.7 Å². The van der Waals surface area contributed by atoms with E-state index in [1.807, 2.05) is 25.7 Å². The third-order valence-electron chi connectivity index (χ3n) is 3.94. The Kier molecular flexibility index (Phi) is 5.94. The molecule has 1 aliphatic rings. The van der Waals surface area contributed by atoms with Gasteiger partial charge in [-0.1, -0.05) is 20.8 Å². The molecule has 1 heterocycles. The predicted molar refractivity (Wildman–Crippen MR) is 100 cm³/mol. The molecule has 0 aliphatic carbocycles. The maximum atomic E-state index is 12.4. The summed E-state index contributed by atoms with van der Waals surface area (Å²) in [6.07, 6.45) is 3.35. The summed E-state index contributed by atoms with van der Waals surface area (Å²) in [4.78, 5) is 26.2. The summed E-state index contributed by atoms with van der Waals surface area (Å²) in [5.74, 6) is -0.0678. The lowest BCUT2D eigenvalue weighted by Gasteiger charge is -2.26. The highest BCUT2D eigenvalue weighted by atomic mass is 32.1. The number of hydrogen-bond donors (Lipinski definition) is 2. The molecule has 130 valence electrons. The Morgan fingerprint density at radius 1 is 1.04 bits per heavy atom. The Hall–Kier alpha value is -1.95. The van der Waals surface area contributed by atoms with E-state index in [9.17, 15) is 9.59 Å². The standard InChI is InChI=1S/C18H25N3O2S/c1-18(2,3)16(23)20-17(24)19-14-9-7-13(8-10-14)15(22)21-11-5-4-6-12-21/h7-10H,4-6,11-12H2,1-3H3,(H2,19,20,23,24). The van der Waals surface area contributed by atoms with Gasteiger partial charge < -0.3 is 15.5 Å². The van der Waals surface area contributed by atoms with Crippen LogP contribution in [-0.2, 0) is 4.79 Å². The van der Waals surface area contributed by atoms with Crippen molar-refractivity contribution in [3.63, 3.8) is 0 Å². The lowest BCUT2D eigenvalue weighted by atomic mass is 9.96. The molecule has 1 aromatic carbocycles. The molecule has 0 spiro atoms. The molecule has 5 nitrogen and oxygen atoms in total. The van der Waals surface area contributed by atoms with Crippen molar-refractivity contribution in [3.8, 4) is 0 Å². The van der Waals surface area contributed by atoms with Gasteiger partial charge in [0.1, 0.15) is 0 Å². The highest BCUT2D eigenvalue weighted by Gasteiger charge is 2.22. The fourth-order valence-corrected chi connectivity index (χ4v) is 2.64. The Bertz CT molecular complexity index is 614. The van der Waals surface area contributed by atoms with E-state index in [0.717, 1.165) is 31.6 Å². The number of hydrogen-bond acceptors (Lipinski definition) is 3. The SMILES string of the molecule is CC(C)(C)C(=O)NC(=S)Nc1ccc(C(=O)N2CCCCC2)cc1. The first-order chi connectivity index (χ1) is 11.3. The summed E-state index contributed by atoms with van der Waals surface area (Å²) in [6, 6.07) is 7.17. The van der Waals surface area contributed by atoms with Crippen LogP contribution in [0.3, 0.4) is 0 Å². The van der Waals surface area contributed by atoms with E-state index in [2.05, 4.69) is 10.6 Å². The first-order valence-electron chi connectivity index (χ1n) is 8.29. The van der Waals surface area contributed by atoms with Gasteiger partial charge >= 0.3 is 0 Å². The molecule has 0 bridgehead atoms. The topological polar surface area (TPSA) is 61.4 Å². The molecular weight excluding hydrogens is 322 g/mol. The number of benzene rings is 1. The molecule has 1 aromatic rings. The fraction of sp³-hybridized carbons (Fsp3) is 0.500. The van der Waals surface area contributed by atoms with Crippen LogP contribution in [0.1, 0.15) is 50.4 Å². The highest BCUT2D eigenvalue weighted by molar-refractivity contribution is 7.80. The Morgan fingerprint density at radius 3 is 2.17 bits per heavy atom. The molecular formula is C18H25N3O2S. The van der Waals surface area contributed by atoms with E-state index in [0.29, 0.717) is 5.56 Å². The zero-order valence-corrected chi connectivity index (χ0v) is 15.3. The molecule has 2 amide bonds. The van der Waals surface area contributed by atoms with Crippen LogP contribution in [0.15, 0.2) is 24.3 Å². The summed E-state index contributed by atoms with van der Waals surface area (Å²) in [5.41, 5.74) is 0.910. The molecule has 0 radical (unpaired) electrons. The minimum absolute atomic E-state index is 0.0739. The number of amides is 2. The van der Waals surface area contributed by atoms with E-state index < -0.39 is 5.41 Å². The number of carbonyl (C=O) groups is 2. The van der Waals surface area contributed by atoms with Gasteiger partial charge in [0.15, 0.2) is 5.11 Å². The highest BCUT2D eigenvalue weighted by Crippen LogP contribution is 2.16. The quantitative estimate of drug-likeness (QED) is 0.807. The van der Waals surface area contributed by atoms with Gasteiger partial charge in [0.2, 0.25) is 5.91 Å². The number of nitrogens with one attached hydrogen (secondary N) is 2. The lowest BCUT2D eigenvalue weighted by molar-refractivity contribution is -0.126. The summed E-state index contributed by atoms with van der Waals surface area (Å²) in [6.45, 7) is 7.15. The van der Waals surface area contributed by atoms with Crippen molar-refractivity contribution >= 4 is 34.8 Å². The minimum Gasteiger partial charge on any atom is -0.339 e. The fourth-order valence-electron chi connectivity index (χ4n) is 2.43. The Morgan fingerprint density at radius 2 is 1.62 bits per heavy atom. The number of carbonyl (C=O) groups excluding carboxylic acids is 2. The molecule has 1 saturated heterocycles. The van der Waals surface area contributed by atoms with Crippen LogP contribution in [-0.4, -0.2) is 34.9 Å². The van der Waals surface area contributed by atoms with Crippen molar-refractivity contribution in [2.24, 2.45) is 5.41 Å². The number of thiocarbonyl (C=S) groups is 1. The Balaban J connectivity index is 1.93. The van der Waals surface area contributed by atoms with E-state index in [4.69, 9.17) is 12.2 Å². The molecule has 2 rings (SSSR count). The first-order valence-corrected chi connectivity index (χ1v) is 8.70. The first kappa shape index (κ1) is 18.4. The second-order valence-corrected chi connectivity index (χ2v) is 7.50. The predicted octanol–water partition coefficient (Wildman–Crippen LogP) is 3.17. The van der Waals surface area contributed by atoms with E-state index in [1.165, 1.54) is 6.42 Å². The average Bonchev–Trinajstić information content (AvgIpc) is 2.54. The van der Waals surface area contributed by atoms with Gasteiger partial charge in [-0.15, -0.1) is 0 Å². The van der Waals surface area contributed by atoms with Crippen LogP contribution >= 0.6 is 12.2 Å². The molecule has 2 N–H and O–H groups in total. The van der Waals surface area contributed by atoms with Crippen LogP contribution in [0.5, 0.6) is 0 Å². The van der Waals surface area contributed by atoms with Crippen molar-refractivity contribution in [2.75, 3.05) is 18.4 Å². The van der Waals surface area contributed by atoms with Crippen molar-refractivity contribution in [1.82, 2.24) is 10.2 Å². The normalized spacial score (nSPS) is 14.9. The monoisotopic (exact) mass is 347 g/mol. The number of nitrogens with zero attached hydrogens (tertiary/aromatic N) is 1.